The summed E-state index contributed by atoms with van der Waals surface area (Å²) in [5.74, 6) is 0.495. The molecule has 16 heavy (non-hydrogen) atoms. The van der Waals surface area contributed by atoms with Crippen molar-refractivity contribution in [2.45, 2.75) is 20.8 Å². The highest BCUT2D eigenvalue weighted by atomic mass is 127. The molecule has 0 saturated heterocycles. The van der Waals surface area contributed by atoms with Crippen LogP contribution in [0, 0.1) is 0 Å². The SMILES string of the molecule is CCN=C(N)N(C)CC(=O)N(CC)CC.I. The summed E-state index contributed by atoms with van der Waals surface area (Å²) in [5.41, 5.74) is 5.66. The number of hydrogen-bond acceptors (Lipinski definition) is 2. The third kappa shape index (κ3) is 6.14. The molecule has 2 N–H and O–H groups in total. The van der Waals surface area contributed by atoms with E-state index in [1.54, 1.807) is 16.8 Å². The highest BCUT2D eigenvalue weighted by Gasteiger charge is 2.12. The van der Waals surface area contributed by atoms with E-state index < -0.39 is 0 Å². The first kappa shape index (κ1) is 17.9. The Kier molecular flexibility index (Phi) is 10.8. The van der Waals surface area contributed by atoms with Crippen molar-refractivity contribution < 1.29 is 4.79 Å². The first-order valence-electron chi connectivity index (χ1n) is 5.35. The van der Waals surface area contributed by atoms with Crippen molar-refractivity contribution in [1.29, 1.82) is 0 Å². The van der Waals surface area contributed by atoms with Gasteiger partial charge in [0, 0.05) is 26.7 Å². The summed E-state index contributed by atoms with van der Waals surface area (Å²) in [6, 6.07) is 0. The van der Waals surface area contributed by atoms with E-state index in [1.165, 1.54) is 0 Å². The number of amides is 1. The van der Waals surface area contributed by atoms with Gasteiger partial charge in [0.15, 0.2) is 5.96 Å². The second-order valence-electron chi connectivity index (χ2n) is 3.25. The molecule has 6 heteroatoms. The number of carbonyl (C=O) groups excluding carboxylic acids is 1. The van der Waals surface area contributed by atoms with Gasteiger partial charge in [-0.05, 0) is 20.8 Å². The fraction of sp³-hybridized carbons (Fsp3) is 0.800. The molecular formula is C10H23IN4O. The molecule has 1 amide bonds. The molecule has 0 bridgehead atoms. The second kappa shape index (κ2) is 9.68. The van der Waals surface area contributed by atoms with Gasteiger partial charge >= 0.3 is 0 Å². The number of halogens is 1. The summed E-state index contributed by atoms with van der Waals surface area (Å²) in [6.07, 6.45) is 0. The molecule has 0 aliphatic carbocycles. The zero-order chi connectivity index (χ0) is 11.8. The van der Waals surface area contributed by atoms with Gasteiger partial charge in [-0.3, -0.25) is 9.79 Å². The molecular weight excluding hydrogens is 319 g/mol. The van der Waals surface area contributed by atoms with Crippen molar-refractivity contribution >= 4 is 35.8 Å². The van der Waals surface area contributed by atoms with Crippen LogP contribution in [0.15, 0.2) is 4.99 Å². The summed E-state index contributed by atoms with van der Waals surface area (Å²) in [4.78, 5) is 19.2. The largest absolute Gasteiger partial charge is 0.370 e. The van der Waals surface area contributed by atoms with Gasteiger partial charge in [0.2, 0.25) is 5.91 Å². The zero-order valence-corrected chi connectivity index (χ0v) is 12.9. The maximum atomic E-state index is 11.7. The van der Waals surface area contributed by atoms with E-state index in [0.29, 0.717) is 12.5 Å². The van der Waals surface area contributed by atoms with Crippen molar-refractivity contribution in [2.75, 3.05) is 33.2 Å². The first-order chi connectivity index (χ1) is 7.06. The Morgan fingerprint density at radius 1 is 1.25 bits per heavy atom. The van der Waals surface area contributed by atoms with Crippen molar-refractivity contribution in [2.24, 2.45) is 10.7 Å². The number of carbonyl (C=O) groups is 1. The lowest BCUT2D eigenvalue weighted by Crippen LogP contribution is -2.43. The Morgan fingerprint density at radius 3 is 2.12 bits per heavy atom. The molecule has 0 aromatic carbocycles. The quantitative estimate of drug-likeness (QED) is 0.455. The minimum atomic E-state index is 0. The number of rotatable bonds is 5. The number of aliphatic imine (C=N–C) groups is 1. The van der Waals surface area contributed by atoms with E-state index in [-0.39, 0.29) is 36.4 Å². The van der Waals surface area contributed by atoms with Crippen LogP contribution in [0.5, 0.6) is 0 Å². The van der Waals surface area contributed by atoms with E-state index >= 15 is 0 Å². The molecule has 0 fully saturated rings. The van der Waals surface area contributed by atoms with Gasteiger partial charge in [-0.15, -0.1) is 24.0 Å². The standard InChI is InChI=1S/C10H22N4O.HI/c1-5-12-10(11)13(4)8-9(15)14(6-2)7-3;/h5-8H2,1-4H3,(H2,11,12);1H. The molecule has 0 aliphatic rings. The highest BCUT2D eigenvalue weighted by Crippen LogP contribution is 1.92. The van der Waals surface area contributed by atoms with Crippen LogP contribution in [0.1, 0.15) is 20.8 Å². The normalized spacial score (nSPS) is 10.6. The molecule has 5 nitrogen and oxygen atoms in total. The lowest BCUT2D eigenvalue weighted by Gasteiger charge is -2.23. The predicted molar refractivity (Wildman–Crippen MR) is 78.1 cm³/mol. The number of hydrogen-bond donors (Lipinski definition) is 1. The van der Waals surface area contributed by atoms with E-state index in [9.17, 15) is 4.79 Å². The number of guanidine groups is 1. The number of nitrogens with zero attached hydrogens (tertiary/aromatic N) is 3. The Labute approximate surface area is 115 Å². The van der Waals surface area contributed by atoms with E-state index in [0.717, 1.165) is 13.1 Å². The summed E-state index contributed by atoms with van der Waals surface area (Å²) in [7, 11) is 1.77. The Bertz CT molecular complexity index is 229. The Morgan fingerprint density at radius 2 is 1.75 bits per heavy atom. The summed E-state index contributed by atoms with van der Waals surface area (Å²) in [5, 5.41) is 0. The van der Waals surface area contributed by atoms with Crippen LogP contribution in [-0.4, -0.2) is 54.9 Å². The first-order valence-corrected chi connectivity index (χ1v) is 5.35. The van der Waals surface area contributed by atoms with Gasteiger partial charge in [0.1, 0.15) is 0 Å². The van der Waals surface area contributed by atoms with Crippen LogP contribution in [0.4, 0.5) is 0 Å². The third-order valence-corrected chi connectivity index (χ3v) is 2.20. The topological polar surface area (TPSA) is 61.9 Å². The van der Waals surface area contributed by atoms with Crippen LogP contribution in [0.3, 0.4) is 0 Å². The van der Waals surface area contributed by atoms with Crippen LogP contribution < -0.4 is 5.73 Å². The van der Waals surface area contributed by atoms with Gasteiger partial charge in [-0.2, -0.15) is 0 Å². The number of likely N-dealkylation sites (N-methyl/N-ethyl adjacent to an activating group) is 2. The van der Waals surface area contributed by atoms with Gasteiger partial charge in [-0.25, -0.2) is 0 Å². The van der Waals surface area contributed by atoms with Crippen molar-refractivity contribution in [1.82, 2.24) is 9.80 Å². The molecule has 0 radical (unpaired) electrons. The minimum Gasteiger partial charge on any atom is -0.370 e. The fourth-order valence-electron chi connectivity index (χ4n) is 1.24. The van der Waals surface area contributed by atoms with Gasteiger partial charge in [-0.1, -0.05) is 0 Å². The van der Waals surface area contributed by atoms with E-state index in [2.05, 4.69) is 4.99 Å². The average molecular weight is 342 g/mol. The van der Waals surface area contributed by atoms with Crippen molar-refractivity contribution in [3.05, 3.63) is 0 Å². The minimum absolute atomic E-state index is 0. The van der Waals surface area contributed by atoms with Gasteiger partial charge < -0.3 is 15.5 Å². The average Bonchev–Trinajstić information content (AvgIpc) is 2.19. The lowest BCUT2D eigenvalue weighted by atomic mass is 10.4. The molecule has 0 spiro atoms. The van der Waals surface area contributed by atoms with Crippen LogP contribution in [0.2, 0.25) is 0 Å². The lowest BCUT2D eigenvalue weighted by molar-refractivity contribution is -0.130. The number of nitrogens with two attached hydrogens (primary N) is 1. The maximum Gasteiger partial charge on any atom is 0.242 e. The van der Waals surface area contributed by atoms with Crippen LogP contribution in [-0.2, 0) is 4.79 Å². The highest BCUT2D eigenvalue weighted by molar-refractivity contribution is 14.0. The molecule has 0 saturated carbocycles. The summed E-state index contributed by atoms with van der Waals surface area (Å²) < 4.78 is 0. The Hall–Kier alpha value is -0.530. The molecule has 0 unspecified atom stereocenters. The monoisotopic (exact) mass is 342 g/mol. The zero-order valence-electron chi connectivity index (χ0n) is 10.6. The fourth-order valence-corrected chi connectivity index (χ4v) is 1.24. The van der Waals surface area contributed by atoms with E-state index in [1.807, 2.05) is 20.8 Å². The summed E-state index contributed by atoms with van der Waals surface area (Å²) in [6.45, 7) is 8.22. The smallest absolute Gasteiger partial charge is 0.242 e. The third-order valence-electron chi connectivity index (χ3n) is 2.20. The van der Waals surface area contributed by atoms with Crippen LogP contribution >= 0.6 is 24.0 Å². The van der Waals surface area contributed by atoms with Crippen molar-refractivity contribution in [3.63, 3.8) is 0 Å². The van der Waals surface area contributed by atoms with E-state index in [4.69, 9.17) is 5.73 Å². The Balaban J connectivity index is 0. The molecule has 0 atom stereocenters. The predicted octanol–water partition coefficient (Wildman–Crippen LogP) is 0.739. The second-order valence-corrected chi connectivity index (χ2v) is 3.25. The van der Waals surface area contributed by atoms with Crippen LogP contribution in [0.25, 0.3) is 0 Å². The summed E-state index contributed by atoms with van der Waals surface area (Å²) >= 11 is 0. The molecule has 0 aliphatic heterocycles. The molecule has 0 heterocycles. The van der Waals surface area contributed by atoms with Gasteiger partial charge in [0.05, 0.1) is 6.54 Å². The van der Waals surface area contributed by atoms with Crippen molar-refractivity contribution in [3.8, 4) is 0 Å². The molecule has 0 aromatic rings. The van der Waals surface area contributed by atoms with Gasteiger partial charge in [0.25, 0.3) is 0 Å². The maximum absolute atomic E-state index is 11.7. The molecule has 0 rings (SSSR count). The molecule has 0 aromatic heterocycles. The molecule has 96 valence electrons.